The maximum atomic E-state index is 11.4. The summed E-state index contributed by atoms with van der Waals surface area (Å²) in [5, 5.41) is 6.21. The van der Waals surface area contributed by atoms with Crippen LogP contribution in [0.3, 0.4) is 0 Å². The van der Waals surface area contributed by atoms with Crippen LogP contribution in [0.25, 0.3) is 0 Å². The molecular weight excluding hydrogens is 272 g/mol. The van der Waals surface area contributed by atoms with Crippen LogP contribution < -0.4 is 10.6 Å². The molecule has 114 valence electrons. The second-order valence-electron chi connectivity index (χ2n) is 5.91. The molecule has 0 aliphatic heterocycles. The van der Waals surface area contributed by atoms with Gasteiger partial charge in [-0.3, -0.25) is 0 Å². The van der Waals surface area contributed by atoms with Crippen LogP contribution in [0.5, 0.6) is 0 Å². The molecular formula is C15H26N2O2S. The van der Waals surface area contributed by atoms with E-state index in [1.165, 1.54) is 9.75 Å². The molecule has 1 aromatic heterocycles. The maximum Gasteiger partial charge on any atom is 0.407 e. The van der Waals surface area contributed by atoms with E-state index >= 15 is 0 Å². The van der Waals surface area contributed by atoms with E-state index in [1.54, 1.807) is 0 Å². The summed E-state index contributed by atoms with van der Waals surface area (Å²) in [7, 11) is 0. The summed E-state index contributed by atoms with van der Waals surface area (Å²) in [6, 6.07) is 4.66. The predicted octanol–water partition coefficient (Wildman–Crippen LogP) is 3.62. The molecule has 0 saturated heterocycles. The van der Waals surface area contributed by atoms with Gasteiger partial charge in [0.25, 0.3) is 0 Å². The van der Waals surface area contributed by atoms with Crippen molar-refractivity contribution in [3.05, 3.63) is 21.9 Å². The minimum absolute atomic E-state index is 0.348. The largest absolute Gasteiger partial charge is 0.444 e. The van der Waals surface area contributed by atoms with Gasteiger partial charge in [-0.2, -0.15) is 0 Å². The van der Waals surface area contributed by atoms with E-state index in [2.05, 4.69) is 36.6 Å². The summed E-state index contributed by atoms with van der Waals surface area (Å²) in [5.41, 5.74) is -0.437. The van der Waals surface area contributed by atoms with E-state index in [9.17, 15) is 4.79 Å². The summed E-state index contributed by atoms with van der Waals surface area (Å²) >= 11 is 1.82. The number of alkyl carbamates (subject to hydrolysis) is 1. The highest BCUT2D eigenvalue weighted by Gasteiger charge is 2.15. The molecule has 0 aromatic carbocycles. The predicted molar refractivity (Wildman–Crippen MR) is 84.3 cm³/mol. The molecule has 0 radical (unpaired) electrons. The molecule has 1 aromatic rings. The molecule has 1 rings (SSSR count). The second-order valence-corrected chi connectivity index (χ2v) is 7.23. The molecule has 1 unspecified atom stereocenters. The van der Waals surface area contributed by atoms with Crippen LogP contribution in [0.2, 0.25) is 0 Å². The highest BCUT2D eigenvalue weighted by Crippen LogP contribution is 2.21. The average molecular weight is 298 g/mol. The minimum Gasteiger partial charge on any atom is -0.444 e. The number of aryl methyl sites for hydroxylation is 1. The third-order valence-electron chi connectivity index (χ3n) is 2.66. The lowest BCUT2D eigenvalue weighted by atomic mass is 10.2. The Balaban J connectivity index is 2.12. The van der Waals surface area contributed by atoms with Gasteiger partial charge < -0.3 is 15.4 Å². The van der Waals surface area contributed by atoms with Gasteiger partial charge in [0.15, 0.2) is 0 Å². The van der Waals surface area contributed by atoms with Crippen LogP contribution in [0, 0.1) is 6.92 Å². The van der Waals surface area contributed by atoms with Crippen molar-refractivity contribution in [1.82, 2.24) is 10.6 Å². The molecule has 0 bridgehead atoms. The molecule has 0 spiro atoms. The summed E-state index contributed by atoms with van der Waals surface area (Å²) in [6.45, 7) is 11.3. The Morgan fingerprint density at radius 2 is 2.05 bits per heavy atom. The molecule has 1 amide bonds. The van der Waals surface area contributed by atoms with Crippen LogP contribution >= 0.6 is 11.3 Å². The highest BCUT2D eigenvalue weighted by molar-refractivity contribution is 7.12. The highest BCUT2D eigenvalue weighted by atomic mass is 32.1. The topological polar surface area (TPSA) is 50.4 Å². The Kier molecular flexibility index (Phi) is 6.49. The van der Waals surface area contributed by atoms with Crippen LogP contribution in [-0.4, -0.2) is 24.8 Å². The molecule has 0 aliphatic carbocycles. The third-order valence-corrected chi connectivity index (χ3v) is 3.84. The lowest BCUT2D eigenvalue weighted by molar-refractivity contribution is 0.0527. The summed E-state index contributed by atoms with van der Waals surface area (Å²) < 4.78 is 5.17. The molecule has 0 fully saturated rings. The van der Waals surface area contributed by atoms with Crippen LogP contribution in [0.4, 0.5) is 4.79 Å². The zero-order valence-electron chi connectivity index (χ0n) is 13.1. The quantitative estimate of drug-likeness (QED) is 0.789. The number of thiophene rings is 1. The fourth-order valence-corrected chi connectivity index (χ4v) is 2.60. The number of hydrogen-bond donors (Lipinski definition) is 2. The minimum atomic E-state index is -0.437. The zero-order chi connectivity index (χ0) is 15.2. The first kappa shape index (κ1) is 17.0. The second kappa shape index (κ2) is 7.64. The zero-order valence-corrected chi connectivity index (χ0v) is 13.9. The molecule has 1 heterocycles. The van der Waals surface area contributed by atoms with Gasteiger partial charge in [-0.15, -0.1) is 11.3 Å². The fraction of sp³-hybridized carbons (Fsp3) is 0.667. The van der Waals surface area contributed by atoms with Gasteiger partial charge >= 0.3 is 6.09 Å². The van der Waals surface area contributed by atoms with Crippen molar-refractivity contribution in [1.29, 1.82) is 0 Å². The summed E-state index contributed by atoms with van der Waals surface area (Å²) in [6.07, 6.45) is 0.535. The number of nitrogens with one attached hydrogen (secondary N) is 2. The molecule has 0 aliphatic rings. The Bertz CT molecular complexity index is 424. The van der Waals surface area contributed by atoms with Gasteiger partial charge in [-0.1, -0.05) is 0 Å². The molecule has 5 heteroatoms. The van der Waals surface area contributed by atoms with E-state index in [0.717, 1.165) is 13.0 Å². The van der Waals surface area contributed by atoms with Crippen molar-refractivity contribution in [2.45, 2.75) is 52.7 Å². The Hall–Kier alpha value is -1.07. The van der Waals surface area contributed by atoms with Gasteiger partial charge in [0.2, 0.25) is 0 Å². The first-order chi connectivity index (χ1) is 9.28. The van der Waals surface area contributed by atoms with Gasteiger partial charge in [0.1, 0.15) is 5.60 Å². The first-order valence-electron chi connectivity index (χ1n) is 7.04. The fourth-order valence-electron chi connectivity index (χ4n) is 1.70. The van der Waals surface area contributed by atoms with Gasteiger partial charge in [0, 0.05) is 22.3 Å². The molecule has 2 N–H and O–H groups in total. The molecule has 1 atom stereocenters. The van der Waals surface area contributed by atoms with E-state index in [1.807, 2.05) is 32.1 Å². The number of amides is 1. The standard InChI is InChI=1S/C15H26N2O2S/c1-11-7-8-13(20-11)12(2)16-9-6-10-17-14(18)19-15(3,4)5/h7-8,12,16H,6,9-10H2,1-5H3,(H,17,18). The third kappa shape index (κ3) is 6.91. The number of ether oxygens (including phenoxy) is 1. The van der Waals surface area contributed by atoms with E-state index < -0.39 is 5.60 Å². The normalized spacial score (nSPS) is 13.1. The van der Waals surface area contributed by atoms with E-state index in [4.69, 9.17) is 4.74 Å². The summed E-state index contributed by atoms with van der Waals surface area (Å²) in [5.74, 6) is 0. The summed E-state index contributed by atoms with van der Waals surface area (Å²) in [4.78, 5) is 14.1. The number of rotatable bonds is 6. The number of carbonyl (C=O) groups is 1. The number of carbonyl (C=O) groups excluding carboxylic acids is 1. The lowest BCUT2D eigenvalue weighted by Gasteiger charge is -2.19. The van der Waals surface area contributed by atoms with Crippen molar-refractivity contribution in [2.75, 3.05) is 13.1 Å². The lowest BCUT2D eigenvalue weighted by Crippen LogP contribution is -2.34. The van der Waals surface area contributed by atoms with E-state index in [-0.39, 0.29) is 6.09 Å². The molecule has 4 nitrogen and oxygen atoms in total. The van der Waals surface area contributed by atoms with Crippen LogP contribution in [0.15, 0.2) is 12.1 Å². The van der Waals surface area contributed by atoms with Crippen molar-refractivity contribution in [2.24, 2.45) is 0 Å². The SMILES string of the molecule is Cc1ccc(C(C)NCCCNC(=O)OC(C)(C)C)s1. The van der Waals surface area contributed by atoms with Crippen molar-refractivity contribution in [3.63, 3.8) is 0 Å². The van der Waals surface area contributed by atoms with Crippen molar-refractivity contribution < 1.29 is 9.53 Å². The molecule has 0 saturated carbocycles. The Labute approximate surface area is 125 Å². The van der Waals surface area contributed by atoms with Crippen molar-refractivity contribution in [3.8, 4) is 0 Å². The molecule has 20 heavy (non-hydrogen) atoms. The average Bonchev–Trinajstić information content (AvgIpc) is 2.73. The number of hydrogen-bond acceptors (Lipinski definition) is 4. The van der Waals surface area contributed by atoms with Gasteiger partial charge in [0.05, 0.1) is 0 Å². The van der Waals surface area contributed by atoms with Crippen LogP contribution in [0.1, 0.15) is 49.9 Å². The maximum absolute atomic E-state index is 11.4. The van der Waals surface area contributed by atoms with Crippen LogP contribution in [-0.2, 0) is 4.74 Å². The Morgan fingerprint density at radius 1 is 1.35 bits per heavy atom. The van der Waals surface area contributed by atoms with Crippen molar-refractivity contribution >= 4 is 17.4 Å². The first-order valence-corrected chi connectivity index (χ1v) is 7.86. The smallest absolute Gasteiger partial charge is 0.407 e. The monoisotopic (exact) mass is 298 g/mol. The Morgan fingerprint density at radius 3 is 2.60 bits per heavy atom. The van der Waals surface area contributed by atoms with Gasteiger partial charge in [-0.05, 0) is 59.7 Å². The van der Waals surface area contributed by atoms with Gasteiger partial charge in [-0.25, -0.2) is 4.79 Å². The van der Waals surface area contributed by atoms with E-state index in [0.29, 0.717) is 12.6 Å².